The second kappa shape index (κ2) is 6.43. The molecule has 2 aromatic heterocycles. The minimum absolute atomic E-state index is 0.717. The predicted octanol–water partition coefficient (Wildman–Crippen LogP) is 3.99. The SMILES string of the molecule is CN(Cc1csc(Br)c1)Cc1ccoc1CNC1CC1. The Morgan fingerprint density at radius 2 is 2.30 bits per heavy atom. The molecule has 108 valence electrons. The maximum Gasteiger partial charge on any atom is 0.122 e. The summed E-state index contributed by atoms with van der Waals surface area (Å²) >= 11 is 5.25. The van der Waals surface area contributed by atoms with Crippen LogP contribution in [0.25, 0.3) is 0 Å². The van der Waals surface area contributed by atoms with E-state index in [2.05, 4.69) is 50.7 Å². The van der Waals surface area contributed by atoms with E-state index in [-0.39, 0.29) is 0 Å². The Kier molecular flexibility index (Phi) is 4.61. The Morgan fingerprint density at radius 3 is 3.00 bits per heavy atom. The molecular formula is C15H19BrN2OS. The van der Waals surface area contributed by atoms with E-state index in [1.54, 1.807) is 17.6 Å². The maximum atomic E-state index is 5.60. The van der Waals surface area contributed by atoms with Crippen molar-refractivity contribution in [2.24, 2.45) is 0 Å². The van der Waals surface area contributed by atoms with E-state index < -0.39 is 0 Å². The number of rotatable bonds is 7. The molecule has 0 atom stereocenters. The normalized spacial score (nSPS) is 15.2. The highest BCUT2D eigenvalue weighted by molar-refractivity contribution is 9.11. The molecule has 2 heterocycles. The van der Waals surface area contributed by atoms with Gasteiger partial charge in [0.15, 0.2) is 0 Å². The lowest BCUT2D eigenvalue weighted by atomic mass is 10.2. The molecule has 3 rings (SSSR count). The largest absolute Gasteiger partial charge is 0.468 e. The number of nitrogens with zero attached hydrogens (tertiary/aromatic N) is 1. The molecule has 0 unspecified atom stereocenters. The lowest BCUT2D eigenvalue weighted by Gasteiger charge is -2.15. The summed E-state index contributed by atoms with van der Waals surface area (Å²) in [4.78, 5) is 2.32. The molecule has 0 aliphatic heterocycles. The molecule has 0 bridgehead atoms. The van der Waals surface area contributed by atoms with Gasteiger partial charge in [0.1, 0.15) is 5.76 Å². The Labute approximate surface area is 132 Å². The molecule has 1 fully saturated rings. The number of hydrogen-bond donors (Lipinski definition) is 1. The van der Waals surface area contributed by atoms with Gasteiger partial charge in [0.2, 0.25) is 0 Å². The molecular weight excluding hydrogens is 336 g/mol. The first-order valence-electron chi connectivity index (χ1n) is 6.91. The first-order chi connectivity index (χ1) is 9.70. The molecule has 0 amide bonds. The number of furan rings is 1. The number of hydrogen-bond acceptors (Lipinski definition) is 4. The van der Waals surface area contributed by atoms with Gasteiger partial charge in [0.25, 0.3) is 0 Å². The molecule has 5 heteroatoms. The van der Waals surface area contributed by atoms with Gasteiger partial charge in [-0.2, -0.15) is 0 Å². The van der Waals surface area contributed by atoms with Crippen molar-refractivity contribution in [2.75, 3.05) is 7.05 Å². The van der Waals surface area contributed by atoms with Crippen LogP contribution in [-0.4, -0.2) is 18.0 Å². The third kappa shape index (κ3) is 3.95. The fourth-order valence-electron chi connectivity index (χ4n) is 2.27. The van der Waals surface area contributed by atoms with Crippen molar-refractivity contribution in [1.82, 2.24) is 10.2 Å². The van der Waals surface area contributed by atoms with Crippen LogP contribution in [0.3, 0.4) is 0 Å². The zero-order valence-electron chi connectivity index (χ0n) is 11.6. The second-order valence-corrected chi connectivity index (χ2v) is 7.75. The van der Waals surface area contributed by atoms with Crippen LogP contribution in [0, 0.1) is 0 Å². The fraction of sp³-hybridized carbons (Fsp3) is 0.467. The predicted molar refractivity (Wildman–Crippen MR) is 85.8 cm³/mol. The zero-order chi connectivity index (χ0) is 13.9. The highest BCUT2D eigenvalue weighted by atomic mass is 79.9. The first-order valence-corrected chi connectivity index (χ1v) is 8.58. The molecule has 20 heavy (non-hydrogen) atoms. The van der Waals surface area contributed by atoms with E-state index in [1.165, 1.54) is 27.8 Å². The molecule has 0 radical (unpaired) electrons. The highest BCUT2D eigenvalue weighted by Crippen LogP contribution is 2.23. The number of thiophene rings is 1. The Bertz CT molecular complexity index is 562. The second-order valence-electron chi connectivity index (χ2n) is 5.46. The zero-order valence-corrected chi connectivity index (χ0v) is 14.0. The molecule has 1 aliphatic carbocycles. The van der Waals surface area contributed by atoms with Gasteiger partial charge >= 0.3 is 0 Å². The Morgan fingerprint density at radius 1 is 1.45 bits per heavy atom. The summed E-state index contributed by atoms with van der Waals surface area (Å²) in [6.07, 6.45) is 4.42. The summed E-state index contributed by atoms with van der Waals surface area (Å²) < 4.78 is 6.80. The van der Waals surface area contributed by atoms with Crippen LogP contribution in [-0.2, 0) is 19.6 Å². The van der Waals surface area contributed by atoms with Crippen LogP contribution >= 0.6 is 27.3 Å². The molecule has 0 spiro atoms. The monoisotopic (exact) mass is 354 g/mol. The Balaban J connectivity index is 1.54. The topological polar surface area (TPSA) is 28.4 Å². The minimum atomic E-state index is 0.717. The minimum Gasteiger partial charge on any atom is -0.468 e. The summed E-state index contributed by atoms with van der Waals surface area (Å²) in [5.41, 5.74) is 2.64. The van der Waals surface area contributed by atoms with E-state index in [0.29, 0.717) is 6.04 Å². The van der Waals surface area contributed by atoms with E-state index in [0.717, 1.165) is 25.4 Å². The van der Waals surface area contributed by atoms with Crippen LogP contribution in [0.5, 0.6) is 0 Å². The van der Waals surface area contributed by atoms with Gasteiger partial charge in [0.05, 0.1) is 16.6 Å². The molecule has 2 aromatic rings. The average Bonchev–Trinajstić information content (AvgIpc) is 3.01. The molecule has 3 nitrogen and oxygen atoms in total. The average molecular weight is 355 g/mol. The quantitative estimate of drug-likeness (QED) is 0.814. The maximum absolute atomic E-state index is 5.60. The highest BCUT2D eigenvalue weighted by Gasteiger charge is 2.21. The molecule has 0 aromatic carbocycles. The van der Waals surface area contributed by atoms with E-state index in [1.807, 2.05) is 0 Å². The van der Waals surface area contributed by atoms with Gasteiger partial charge in [-0.05, 0) is 58.9 Å². The van der Waals surface area contributed by atoms with Crippen molar-refractivity contribution in [3.63, 3.8) is 0 Å². The van der Waals surface area contributed by atoms with Crippen molar-refractivity contribution in [3.05, 3.63) is 44.4 Å². The summed E-state index contributed by atoms with van der Waals surface area (Å²) in [6, 6.07) is 4.99. The molecule has 1 saturated carbocycles. The van der Waals surface area contributed by atoms with Crippen molar-refractivity contribution >= 4 is 27.3 Å². The van der Waals surface area contributed by atoms with E-state index in [9.17, 15) is 0 Å². The van der Waals surface area contributed by atoms with E-state index in [4.69, 9.17) is 4.42 Å². The molecule has 1 aliphatic rings. The number of nitrogens with one attached hydrogen (secondary N) is 1. The Hall–Kier alpha value is -0.620. The third-order valence-electron chi connectivity index (χ3n) is 3.48. The summed E-state index contributed by atoms with van der Waals surface area (Å²) in [6.45, 7) is 2.74. The van der Waals surface area contributed by atoms with Crippen LogP contribution in [0.15, 0.2) is 32.0 Å². The number of halogens is 1. The lowest BCUT2D eigenvalue weighted by molar-refractivity contribution is 0.315. The summed E-state index contributed by atoms with van der Waals surface area (Å²) in [5, 5.41) is 5.71. The smallest absolute Gasteiger partial charge is 0.122 e. The van der Waals surface area contributed by atoms with Gasteiger partial charge in [-0.3, -0.25) is 4.90 Å². The molecule has 1 N–H and O–H groups in total. The van der Waals surface area contributed by atoms with Gasteiger partial charge in [-0.1, -0.05) is 0 Å². The van der Waals surface area contributed by atoms with Crippen molar-refractivity contribution in [1.29, 1.82) is 0 Å². The fourth-order valence-corrected chi connectivity index (χ4v) is 3.47. The van der Waals surface area contributed by atoms with Gasteiger partial charge in [-0.15, -0.1) is 11.3 Å². The van der Waals surface area contributed by atoms with Crippen molar-refractivity contribution < 1.29 is 4.42 Å². The van der Waals surface area contributed by atoms with Crippen molar-refractivity contribution in [3.8, 4) is 0 Å². The lowest BCUT2D eigenvalue weighted by Crippen LogP contribution is -2.20. The van der Waals surface area contributed by atoms with Crippen LogP contribution in [0.1, 0.15) is 29.7 Å². The summed E-state index contributed by atoms with van der Waals surface area (Å²) in [7, 11) is 2.15. The van der Waals surface area contributed by atoms with Gasteiger partial charge in [0, 0.05) is 24.7 Å². The van der Waals surface area contributed by atoms with E-state index >= 15 is 0 Å². The van der Waals surface area contributed by atoms with Crippen LogP contribution in [0.4, 0.5) is 0 Å². The third-order valence-corrected chi connectivity index (χ3v) is 5.03. The first kappa shape index (κ1) is 14.3. The van der Waals surface area contributed by atoms with Crippen LogP contribution in [0.2, 0.25) is 0 Å². The van der Waals surface area contributed by atoms with Gasteiger partial charge in [-0.25, -0.2) is 0 Å². The standard InChI is InChI=1S/C15H19BrN2OS/c1-18(8-11-6-15(16)20-10-11)9-12-4-5-19-14(12)7-17-13-2-3-13/h4-6,10,13,17H,2-3,7-9H2,1H3. The van der Waals surface area contributed by atoms with Gasteiger partial charge < -0.3 is 9.73 Å². The van der Waals surface area contributed by atoms with Crippen LogP contribution < -0.4 is 5.32 Å². The molecule has 0 saturated heterocycles. The van der Waals surface area contributed by atoms with Crippen molar-refractivity contribution in [2.45, 2.75) is 38.5 Å². The summed E-state index contributed by atoms with van der Waals surface area (Å²) in [5.74, 6) is 1.08.